The Balaban J connectivity index is 1.41. The van der Waals surface area contributed by atoms with Gasteiger partial charge < -0.3 is 18.9 Å². The number of fused-ring (bicyclic) bond motifs is 1. The fourth-order valence-electron chi connectivity index (χ4n) is 4.25. The van der Waals surface area contributed by atoms with Crippen LogP contribution in [-0.2, 0) is 26.9 Å². The predicted molar refractivity (Wildman–Crippen MR) is 105 cm³/mol. The maximum atomic E-state index is 13.7. The van der Waals surface area contributed by atoms with Gasteiger partial charge in [-0.15, -0.1) is 0 Å². The fourth-order valence-corrected chi connectivity index (χ4v) is 4.25. The molecule has 2 aliphatic heterocycles. The molecule has 0 aromatic carbocycles. The minimum absolute atomic E-state index is 0.0145. The van der Waals surface area contributed by atoms with Crippen molar-refractivity contribution in [3.63, 3.8) is 0 Å². The summed E-state index contributed by atoms with van der Waals surface area (Å²) in [5.74, 6) is -0.347. The van der Waals surface area contributed by atoms with Crippen molar-refractivity contribution in [2.75, 3.05) is 32.9 Å². The quantitative estimate of drug-likeness (QED) is 0.680. The van der Waals surface area contributed by atoms with Gasteiger partial charge in [0.2, 0.25) is 5.91 Å². The molecule has 2 aliphatic rings. The number of hydrogen-bond donors (Lipinski definition) is 0. The number of rotatable bonds is 6. The second kappa shape index (κ2) is 9.12. The third-order valence-electron chi connectivity index (χ3n) is 5.98. The number of amides is 1. The predicted octanol–water partition coefficient (Wildman–Crippen LogP) is 3.71. The van der Waals surface area contributed by atoms with Gasteiger partial charge in [-0.25, -0.2) is 4.98 Å². The summed E-state index contributed by atoms with van der Waals surface area (Å²) >= 11 is 0. The van der Waals surface area contributed by atoms with E-state index in [1.54, 1.807) is 11.8 Å². The highest BCUT2D eigenvalue weighted by molar-refractivity contribution is 5.82. The molecule has 2 aromatic rings. The number of halogens is 3. The number of piperidine rings is 1. The molecular formula is C21H26F3N3O4. The molecule has 31 heavy (non-hydrogen) atoms. The van der Waals surface area contributed by atoms with E-state index in [0.717, 1.165) is 25.5 Å². The van der Waals surface area contributed by atoms with Gasteiger partial charge in [-0.1, -0.05) is 12.1 Å². The Morgan fingerprint density at radius 1 is 1.29 bits per heavy atom. The van der Waals surface area contributed by atoms with Gasteiger partial charge in [0.1, 0.15) is 6.61 Å². The molecule has 4 rings (SSSR count). The third-order valence-corrected chi connectivity index (χ3v) is 5.98. The summed E-state index contributed by atoms with van der Waals surface area (Å²) in [5.41, 5.74) is -0.250. The van der Waals surface area contributed by atoms with Crippen molar-refractivity contribution < 1.29 is 32.0 Å². The van der Waals surface area contributed by atoms with Crippen molar-refractivity contribution in [2.24, 2.45) is 0 Å². The highest BCUT2D eigenvalue weighted by Crippen LogP contribution is 2.40. The summed E-state index contributed by atoms with van der Waals surface area (Å²) < 4.78 is 57.2. The van der Waals surface area contributed by atoms with Crippen LogP contribution in [0.3, 0.4) is 0 Å². The second-order valence-electron chi connectivity index (χ2n) is 8.07. The van der Waals surface area contributed by atoms with Crippen LogP contribution in [0.4, 0.5) is 13.2 Å². The molecule has 0 radical (unpaired) electrons. The number of pyridine rings is 1. The van der Waals surface area contributed by atoms with Crippen LogP contribution < -0.4 is 0 Å². The maximum Gasteiger partial charge on any atom is 0.417 e. The summed E-state index contributed by atoms with van der Waals surface area (Å²) in [7, 11) is 0. The number of aryl methyl sites for hydroxylation is 1. The topological polar surface area (TPSA) is 77.7 Å². The fraction of sp³-hybridized carbons (Fsp3) is 0.667. The molecule has 0 spiro atoms. The lowest BCUT2D eigenvalue weighted by molar-refractivity contribution is -0.138. The van der Waals surface area contributed by atoms with Crippen molar-refractivity contribution in [1.29, 1.82) is 0 Å². The lowest BCUT2D eigenvalue weighted by atomic mass is 9.90. The Labute approximate surface area is 177 Å². The van der Waals surface area contributed by atoms with Crippen LogP contribution in [-0.4, -0.2) is 60.0 Å². The molecule has 10 heteroatoms. The smallest absolute Gasteiger partial charge is 0.376 e. The highest BCUT2D eigenvalue weighted by Gasteiger charge is 2.38. The monoisotopic (exact) mass is 441 g/mol. The van der Waals surface area contributed by atoms with Crippen LogP contribution >= 0.6 is 0 Å². The number of nitrogens with zero attached hydrogens (tertiary/aromatic N) is 3. The summed E-state index contributed by atoms with van der Waals surface area (Å²) in [4.78, 5) is 18.3. The van der Waals surface area contributed by atoms with Crippen molar-refractivity contribution >= 4 is 17.0 Å². The van der Waals surface area contributed by atoms with Crippen LogP contribution in [0.15, 0.2) is 10.6 Å². The van der Waals surface area contributed by atoms with Gasteiger partial charge in [0.15, 0.2) is 0 Å². The molecule has 0 saturated carbocycles. The van der Waals surface area contributed by atoms with Crippen LogP contribution in [0.25, 0.3) is 11.1 Å². The number of likely N-dealkylation sites (tertiary alicyclic amines) is 1. The lowest BCUT2D eigenvalue weighted by Gasteiger charge is -2.31. The van der Waals surface area contributed by atoms with E-state index in [1.165, 1.54) is 0 Å². The minimum Gasteiger partial charge on any atom is -0.376 e. The van der Waals surface area contributed by atoms with Gasteiger partial charge >= 0.3 is 6.18 Å². The average molecular weight is 441 g/mol. The maximum absolute atomic E-state index is 13.7. The summed E-state index contributed by atoms with van der Waals surface area (Å²) in [6.07, 6.45) is -1.13. The molecule has 7 nitrogen and oxygen atoms in total. The van der Waals surface area contributed by atoms with E-state index in [0.29, 0.717) is 44.7 Å². The molecule has 0 unspecified atom stereocenters. The number of hydrogen-bond acceptors (Lipinski definition) is 6. The van der Waals surface area contributed by atoms with E-state index >= 15 is 0 Å². The summed E-state index contributed by atoms with van der Waals surface area (Å²) in [6.45, 7) is 3.73. The van der Waals surface area contributed by atoms with Crippen molar-refractivity contribution in [1.82, 2.24) is 15.0 Å². The average Bonchev–Trinajstić information content (AvgIpc) is 3.42. The second-order valence-corrected chi connectivity index (χ2v) is 8.07. The van der Waals surface area contributed by atoms with Crippen LogP contribution in [0.1, 0.15) is 55.5 Å². The molecule has 2 fully saturated rings. The molecule has 2 saturated heterocycles. The zero-order valence-corrected chi connectivity index (χ0v) is 17.4. The van der Waals surface area contributed by atoms with E-state index in [9.17, 15) is 18.0 Å². The van der Waals surface area contributed by atoms with Crippen LogP contribution in [0, 0.1) is 0 Å². The molecule has 170 valence electrons. The molecule has 0 aliphatic carbocycles. The Kier molecular flexibility index (Phi) is 6.47. The van der Waals surface area contributed by atoms with Gasteiger partial charge in [-0.2, -0.15) is 13.2 Å². The normalized spacial score (nSPS) is 20.6. The van der Waals surface area contributed by atoms with Gasteiger partial charge in [0, 0.05) is 31.3 Å². The van der Waals surface area contributed by atoms with E-state index in [4.69, 9.17) is 14.0 Å². The third kappa shape index (κ3) is 4.85. The molecule has 4 heterocycles. The molecule has 1 atom stereocenters. The standard InChI is InChI=1S/C21H26F3N3O4/c1-2-14-10-16(21(22,23)24)18-19(26-31-20(18)25-14)13-5-7-27(8-6-13)17(28)12-29-11-15-4-3-9-30-15/h10,13,15H,2-9,11-12H2,1H3/t15-/m1/s1. The Hall–Kier alpha value is -2.20. The minimum atomic E-state index is -4.53. The lowest BCUT2D eigenvalue weighted by Crippen LogP contribution is -2.40. The van der Waals surface area contributed by atoms with E-state index in [1.807, 2.05) is 0 Å². The first-order valence-electron chi connectivity index (χ1n) is 10.7. The molecule has 0 N–H and O–H groups in total. The number of ether oxygens (including phenoxy) is 2. The largest absolute Gasteiger partial charge is 0.417 e. The van der Waals surface area contributed by atoms with Crippen LogP contribution in [0.5, 0.6) is 0 Å². The molecule has 0 bridgehead atoms. The Morgan fingerprint density at radius 2 is 2.06 bits per heavy atom. The zero-order chi connectivity index (χ0) is 22.0. The van der Waals surface area contributed by atoms with Gasteiger partial charge in [0.05, 0.1) is 29.4 Å². The number of carbonyl (C=O) groups excluding carboxylic acids is 1. The Bertz CT molecular complexity index is 916. The van der Waals surface area contributed by atoms with Crippen molar-refractivity contribution in [2.45, 2.75) is 57.2 Å². The SMILES string of the molecule is CCc1cc(C(F)(F)F)c2c(C3CCN(C(=O)COC[C@H]4CCCO4)CC3)noc2n1. The van der Waals surface area contributed by atoms with E-state index in [2.05, 4.69) is 10.1 Å². The van der Waals surface area contributed by atoms with E-state index in [-0.39, 0.29) is 41.3 Å². The van der Waals surface area contributed by atoms with Gasteiger partial charge in [-0.3, -0.25) is 4.79 Å². The van der Waals surface area contributed by atoms with Crippen molar-refractivity contribution in [3.8, 4) is 0 Å². The Morgan fingerprint density at radius 3 is 2.71 bits per heavy atom. The molecule has 2 aromatic heterocycles. The number of alkyl halides is 3. The van der Waals surface area contributed by atoms with Crippen molar-refractivity contribution in [3.05, 3.63) is 23.0 Å². The first-order valence-corrected chi connectivity index (χ1v) is 10.7. The summed E-state index contributed by atoms with van der Waals surface area (Å²) in [5, 5.41) is 3.89. The summed E-state index contributed by atoms with van der Waals surface area (Å²) in [6, 6.07) is 1.08. The first kappa shape index (κ1) is 22.0. The first-order chi connectivity index (χ1) is 14.9. The van der Waals surface area contributed by atoms with Crippen LogP contribution in [0.2, 0.25) is 0 Å². The highest BCUT2D eigenvalue weighted by atomic mass is 19.4. The van der Waals surface area contributed by atoms with E-state index < -0.39 is 11.7 Å². The number of carbonyl (C=O) groups is 1. The number of aromatic nitrogens is 2. The van der Waals surface area contributed by atoms with Gasteiger partial charge in [0.25, 0.3) is 5.71 Å². The molecule has 1 amide bonds. The zero-order valence-electron chi connectivity index (χ0n) is 17.4. The molecular weight excluding hydrogens is 415 g/mol. The van der Waals surface area contributed by atoms with Gasteiger partial charge in [-0.05, 0) is 38.2 Å².